The van der Waals surface area contributed by atoms with Crippen molar-refractivity contribution in [3.8, 4) is 0 Å². The predicted molar refractivity (Wildman–Crippen MR) is 55.7 cm³/mol. The van der Waals surface area contributed by atoms with E-state index in [2.05, 4.69) is 4.98 Å². The summed E-state index contributed by atoms with van der Waals surface area (Å²) in [6, 6.07) is 0. The van der Waals surface area contributed by atoms with Crippen molar-refractivity contribution in [1.29, 1.82) is 0 Å². The highest BCUT2D eigenvalue weighted by molar-refractivity contribution is 5.93. The Kier molecular flexibility index (Phi) is 2.99. The normalized spacial score (nSPS) is 15.3. The van der Waals surface area contributed by atoms with E-state index in [1.165, 1.54) is 0 Å². The van der Waals surface area contributed by atoms with Gasteiger partial charge >= 0.3 is 12.3 Å². The monoisotopic (exact) mass is 277 g/mol. The number of hydrogen-bond donors (Lipinski definition) is 1. The second kappa shape index (κ2) is 4.25. The Morgan fingerprint density at radius 1 is 1.32 bits per heavy atom. The zero-order chi connectivity index (χ0) is 14.4. The summed E-state index contributed by atoms with van der Waals surface area (Å²) in [7, 11) is 0. The van der Waals surface area contributed by atoms with Gasteiger partial charge in [0.1, 0.15) is 5.69 Å². The fourth-order valence-corrected chi connectivity index (χ4v) is 2.03. The van der Waals surface area contributed by atoms with Gasteiger partial charge in [0, 0.05) is 20.0 Å². The molecule has 1 aromatic rings. The minimum absolute atomic E-state index is 0.00604. The highest BCUT2D eigenvalue weighted by Gasteiger charge is 2.41. The number of nitrogens with zero attached hydrogens (tertiary/aromatic N) is 3. The third-order valence-corrected chi connectivity index (χ3v) is 2.86. The first-order valence-electron chi connectivity index (χ1n) is 5.37. The van der Waals surface area contributed by atoms with Crippen LogP contribution in [0.5, 0.6) is 0 Å². The molecule has 19 heavy (non-hydrogen) atoms. The number of halogens is 3. The minimum atomic E-state index is -4.67. The van der Waals surface area contributed by atoms with Crippen molar-refractivity contribution in [2.24, 2.45) is 0 Å². The van der Waals surface area contributed by atoms with E-state index < -0.39 is 23.9 Å². The van der Waals surface area contributed by atoms with Crippen molar-refractivity contribution in [2.45, 2.75) is 26.2 Å². The van der Waals surface area contributed by atoms with Crippen LogP contribution in [0, 0.1) is 0 Å². The predicted octanol–water partition coefficient (Wildman–Crippen LogP) is 1.60. The van der Waals surface area contributed by atoms with Gasteiger partial charge in [-0.15, -0.1) is 0 Å². The summed E-state index contributed by atoms with van der Waals surface area (Å²) in [6.07, 6.45) is -5.91. The van der Waals surface area contributed by atoms with E-state index in [1.54, 1.807) is 0 Å². The van der Waals surface area contributed by atoms with Crippen molar-refractivity contribution in [2.75, 3.05) is 6.54 Å². The van der Waals surface area contributed by atoms with Crippen LogP contribution in [0.1, 0.15) is 28.9 Å². The van der Waals surface area contributed by atoms with E-state index in [1.807, 2.05) is 0 Å². The fourth-order valence-electron chi connectivity index (χ4n) is 2.03. The summed E-state index contributed by atoms with van der Waals surface area (Å²) in [5.41, 5.74) is -0.327. The second-order valence-electron chi connectivity index (χ2n) is 4.14. The van der Waals surface area contributed by atoms with Gasteiger partial charge in [0.25, 0.3) is 0 Å². The van der Waals surface area contributed by atoms with Gasteiger partial charge in [0.2, 0.25) is 5.82 Å². The quantitative estimate of drug-likeness (QED) is 0.791. The van der Waals surface area contributed by atoms with Gasteiger partial charge in [0.05, 0.1) is 12.2 Å². The molecule has 6 nitrogen and oxygen atoms in total. The van der Waals surface area contributed by atoms with Gasteiger partial charge in [-0.05, 0) is 0 Å². The van der Waals surface area contributed by atoms with Crippen LogP contribution >= 0.6 is 0 Å². The molecule has 0 unspecified atom stereocenters. The van der Waals surface area contributed by atoms with Crippen molar-refractivity contribution in [3.05, 3.63) is 17.2 Å². The van der Waals surface area contributed by atoms with E-state index in [0.717, 1.165) is 16.4 Å². The molecule has 0 aliphatic carbocycles. The lowest BCUT2D eigenvalue weighted by molar-refractivity contribution is -0.147. The van der Waals surface area contributed by atoms with Crippen LogP contribution in [0.3, 0.4) is 0 Å². The second-order valence-corrected chi connectivity index (χ2v) is 4.14. The first kappa shape index (κ1) is 13.4. The summed E-state index contributed by atoms with van der Waals surface area (Å²) >= 11 is 0. The zero-order valence-corrected chi connectivity index (χ0v) is 9.86. The van der Waals surface area contributed by atoms with Crippen molar-refractivity contribution in [3.63, 3.8) is 0 Å². The average molecular weight is 277 g/mol. The lowest BCUT2D eigenvalue weighted by Crippen LogP contribution is -2.38. The van der Waals surface area contributed by atoms with Crippen molar-refractivity contribution >= 4 is 11.9 Å². The van der Waals surface area contributed by atoms with Crippen LogP contribution in [-0.4, -0.2) is 38.0 Å². The molecule has 0 fully saturated rings. The smallest absolute Gasteiger partial charge is 0.449 e. The van der Waals surface area contributed by atoms with Gasteiger partial charge in [-0.2, -0.15) is 13.2 Å². The number of amides is 1. The van der Waals surface area contributed by atoms with Gasteiger partial charge < -0.3 is 14.6 Å². The molecule has 0 atom stereocenters. The summed E-state index contributed by atoms with van der Waals surface area (Å²) in [6.45, 7) is 0.590. The summed E-state index contributed by atoms with van der Waals surface area (Å²) in [5, 5.41) is 8.85. The lowest BCUT2D eigenvalue weighted by Gasteiger charge is -2.27. The molecule has 0 saturated carbocycles. The molecular weight excluding hydrogens is 267 g/mol. The number of carboxylic acid groups (broad SMARTS) is 1. The minimum Gasteiger partial charge on any atom is -0.465 e. The van der Waals surface area contributed by atoms with Crippen LogP contribution < -0.4 is 0 Å². The topological polar surface area (TPSA) is 75.4 Å². The molecule has 0 radical (unpaired) electrons. The van der Waals surface area contributed by atoms with Gasteiger partial charge in [-0.1, -0.05) is 0 Å². The molecule has 1 amide bonds. The largest absolute Gasteiger partial charge is 0.465 e. The standard InChI is InChI=1S/C10H10F3N3O3/c1-5(17)7-6-4-15(9(18)19)2-3-16(6)8(14-7)10(11,12)13/h2-4H2,1H3,(H,18,19). The maximum atomic E-state index is 12.8. The maximum absolute atomic E-state index is 12.8. The van der Waals surface area contributed by atoms with Crippen LogP contribution in [0.25, 0.3) is 0 Å². The van der Waals surface area contributed by atoms with Gasteiger partial charge in [0.15, 0.2) is 5.78 Å². The van der Waals surface area contributed by atoms with Gasteiger partial charge in [-0.25, -0.2) is 9.78 Å². The number of aromatic nitrogens is 2. The number of carbonyl (C=O) groups excluding carboxylic acids is 1. The Morgan fingerprint density at radius 2 is 1.95 bits per heavy atom. The molecule has 9 heteroatoms. The van der Waals surface area contributed by atoms with Crippen LogP contribution in [0.4, 0.5) is 18.0 Å². The average Bonchev–Trinajstić information content (AvgIpc) is 2.66. The molecular formula is C10H10F3N3O3. The van der Waals surface area contributed by atoms with Crippen LogP contribution in [0.15, 0.2) is 0 Å². The van der Waals surface area contributed by atoms with E-state index >= 15 is 0 Å². The molecule has 0 bridgehead atoms. The Labute approximate surface area is 105 Å². The number of alkyl halides is 3. The molecule has 0 spiro atoms. The molecule has 0 saturated heterocycles. The van der Waals surface area contributed by atoms with E-state index in [4.69, 9.17) is 5.11 Å². The number of rotatable bonds is 1. The number of Topliss-reactive ketones (excluding diaryl/α,β-unsaturated/α-hetero) is 1. The number of ketones is 1. The van der Waals surface area contributed by atoms with Gasteiger partial charge in [-0.3, -0.25) is 4.79 Å². The Bertz CT molecular complexity index is 550. The molecule has 2 rings (SSSR count). The molecule has 1 N–H and O–H groups in total. The lowest BCUT2D eigenvalue weighted by atomic mass is 10.2. The highest BCUT2D eigenvalue weighted by atomic mass is 19.4. The zero-order valence-electron chi connectivity index (χ0n) is 9.86. The third kappa shape index (κ3) is 2.27. The van der Waals surface area contributed by atoms with Crippen molar-refractivity contribution in [1.82, 2.24) is 14.5 Å². The molecule has 2 heterocycles. The summed E-state index contributed by atoms with van der Waals surface area (Å²) in [4.78, 5) is 26.4. The Morgan fingerprint density at radius 3 is 2.42 bits per heavy atom. The van der Waals surface area contributed by atoms with E-state index in [0.29, 0.717) is 0 Å². The summed E-state index contributed by atoms with van der Waals surface area (Å²) in [5.74, 6) is -1.77. The number of hydrogen-bond acceptors (Lipinski definition) is 3. The molecule has 1 aromatic heterocycles. The van der Waals surface area contributed by atoms with E-state index in [9.17, 15) is 22.8 Å². The van der Waals surface area contributed by atoms with E-state index in [-0.39, 0.29) is 31.0 Å². The maximum Gasteiger partial charge on any atom is 0.449 e. The molecule has 104 valence electrons. The third-order valence-electron chi connectivity index (χ3n) is 2.86. The molecule has 1 aliphatic rings. The number of imidazole rings is 1. The van der Waals surface area contributed by atoms with Crippen molar-refractivity contribution < 1.29 is 27.9 Å². The first-order valence-corrected chi connectivity index (χ1v) is 5.37. The highest BCUT2D eigenvalue weighted by Crippen LogP contribution is 2.32. The first-order chi connectivity index (χ1) is 8.71. The Balaban J connectivity index is 2.53. The molecule has 0 aromatic carbocycles. The number of carbonyl (C=O) groups is 2. The van der Waals surface area contributed by atoms with Crippen LogP contribution in [0.2, 0.25) is 0 Å². The Hall–Kier alpha value is -2.06. The number of fused-ring (bicyclic) bond motifs is 1. The summed E-state index contributed by atoms with van der Waals surface area (Å²) < 4.78 is 39.2. The SMILES string of the molecule is CC(=O)c1nc(C(F)(F)F)n2c1CN(C(=O)O)CC2. The molecule has 1 aliphatic heterocycles. The fraction of sp³-hybridized carbons (Fsp3) is 0.500. The van der Waals surface area contributed by atoms with Crippen LogP contribution in [-0.2, 0) is 19.3 Å².